The molecule has 3 aliphatic rings. The van der Waals surface area contributed by atoms with Crippen LogP contribution >= 0.6 is 0 Å². The van der Waals surface area contributed by atoms with E-state index in [-0.39, 0.29) is 6.10 Å². The Kier molecular flexibility index (Phi) is 6.29. The molecule has 2 saturated carbocycles. The van der Waals surface area contributed by atoms with Crippen LogP contribution in [0, 0.1) is 23.7 Å². The van der Waals surface area contributed by atoms with Crippen molar-refractivity contribution in [2.24, 2.45) is 23.7 Å². The van der Waals surface area contributed by atoms with Gasteiger partial charge >= 0.3 is 0 Å². The van der Waals surface area contributed by atoms with Gasteiger partial charge in [0.1, 0.15) is 0 Å². The first-order valence-electron chi connectivity index (χ1n) is 10.8. The predicted molar refractivity (Wildman–Crippen MR) is 105 cm³/mol. The van der Waals surface area contributed by atoms with Crippen molar-refractivity contribution >= 4 is 0 Å². The molecule has 0 spiro atoms. The van der Waals surface area contributed by atoms with Crippen molar-refractivity contribution in [1.82, 2.24) is 4.90 Å². The minimum Gasteiger partial charge on any atom is -0.389 e. The van der Waals surface area contributed by atoms with Crippen LogP contribution in [0.25, 0.3) is 0 Å². The van der Waals surface area contributed by atoms with E-state index >= 15 is 0 Å². The lowest BCUT2D eigenvalue weighted by atomic mass is 9.89. The first kappa shape index (κ1) is 18.5. The normalized spacial score (nSPS) is 30.7. The Bertz CT molecular complexity index is 540. The van der Waals surface area contributed by atoms with Crippen LogP contribution in [-0.2, 0) is 11.2 Å². The fraction of sp³-hybridized carbons (Fsp3) is 0.739. The summed E-state index contributed by atoms with van der Waals surface area (Å²) in [5.41, 5.74) is 1.46. The summed E-state index contributed by atoms with van der Waals surface area (Å²) in [4.78, 5) is 2.42. The molecule has 1 saturated heterocycles. The maximum Gasteiger partial charge on any atom is 0.0900 e. The number of piperidine rings is 1. The number of aliphatic hydroxyl groups excluding tert-OH is 1. The molecule has 1 aromatic carbocycles. The molecule has 4 atom stereocenters. The van der Waals surface area contributed by atoms with Gasteiger partial charge in [-0.2, -0.15) is 0 Å². The van der Waals surface area contributed by atoms with Crippen molar-refractivity contribution in [3.63, 3.8) is 0 Å². The van der Waals surface area contributed by atoms with Crippen LogP contribution in [0.5, 0.6) is 0 Å². The average Bonchev–Trinajstić information content (AvgIpc) is 3.27. The van der Waals surface area contributed by atoms with Gasteiger partial charge < -0.3 is 14.7 Å². The smallest absolute Gasteiger partial charge is 0.0900 e. The summed E-state index contributed by atoms with van der Waals surface area (Å²) < 4.78 is 5.90. The molecule has 1 aliphatic heterocycles. The van der Waals surface area contributed by atoms with E-state index in [1.165, 1.54) is 50.5 Å². The third-order valence-electron chi connectivity index (χ3n) is 7.07. The molecule has 2 aliphatic carbocycles. The van der Waals surface area contributed by atoms with E-state index in [0.29, 0.717) is 6.61 Å². The van der Waals surface area contributed by atoms with E-state index in [1.807, 2.05) is 0 Å². The van der Waals surface area contributed by atoms with E-state index in [9.17, 15) is 5.11 Å². The lowest BCUT2D eigenvalue weighted by molar-refractivity contribution is -0.00629. The number of ether oxygens (including phenoxy) is 1. The summed E-state index contributed by atoms with van der Waals surface area (Å²) in [5, 5.41) is 10.3. The highest BCUT2D eigenvalue weighted by Gasteiger charge is 2.39. The number of β-amino-alcohol motifs (C(OH)–C–C–N with tert-alkyl or cyclic N) is 1. The average molecular weight is 358 g/mol. The Hall–Kier alpha value is -0.900. The largest absolute Gasteiger partial charge is 0.389 e. The van der Waals surface area contributed by atoms with E-state index < -0.39 is 0 Å². The molecule has 144 valence electrons. The molecule has 3 nitrogen and oxygen atoms in total. The maximum atomic E-state index is 10.3. The van der Waals surface area contributed by atoms with Gasteiger partial charge in [-0.15, -0.1) is 0 Å². The molecule has 3 fully saturated rings. The highest BCUT2D eigenvalue weighted by Crippen LogP contribution is 2.48. The molecule has 26 heavy (non-hydrogen) atoms. The Labute approximate surface area is 158 Å². The number of aliphatic hydroxyl groups is 1. The predicted octanol–water partition coefficient (Wildman–Crippen LogP) is 3.75. The van der Waals surface area contributed by atoms with E-state index in [0.717, 1.165) is 49.9 Å². The lowest BCUT2D eigenvalue weighted by Crippen LogP contribution is -2.40. The van der Waals surface area contributed by atoms with Gasteiger partial charge in [-0.05, 0) is 80.8 Å². The third-order valence-corrected chi connectivity index (χ3v) is 7.07. The van der Waals surface area contributed by atoms with Crippen LogP contribution in [0.15, 0.2) is 30.3 Å². The molecule has 1 N–H and O–H groups in total. The second-order valence-corrected chi connectivity index (χ2v) is 9.06. The van der Waals surface area contributed by atoms with Gasteiger partial charge in [-0.1, -0.05) is 36.8 Å². The zero-order valence-electron chi connectivity index (χ0n) is 16.1. The maximum absolute atomic E-state index is 10.3. The first-order valence-corrected chi connectivity index (χ1v) is 10.8. The van der Waals surface area contributed by atoms with Crippen LogP contribution in [0.2, 0.25) is 0 Å². The third kappa shape index (κ3) is 4.88. The number of benzene rings is 1. The molecule has 1 aromatic rings. The van der Waals surface area contributed by atoms with Gasteiger partial charge in [0, 0.05) is 13.2 Å². The van der Waals surface area contributed by atoms with Crippen LogP contribution < -0.4 is 0 Å². The summed E-state index contributed by atoms with van der Waals surface area (Å²) in [6.07, 6.45) is 9.03. The standard InChI is InChI=1S/C23H35NO2/c25-23(17-26-16-22-14-20-6-7-21(22)13-20)15-24-10-8-19(9-11-24)12-18-4-2-1-3-5-18/h1-5,19-23,25H,6-17H2. The van der Waals surface area contributed by atoms with Crippen molar-refractivity contribution in [2.45, 2.75) is 51.0 Å². The van der Waals surface area contributed by atoms with Gasteiger partial charge in [-0.25, -0.2) is 0 Å². The fourth-order valence-corrected chi connectivity index (χ4v) is 5.61. The molecule has 0 amide bonds. The molecular formula is C23H35NO2. The molecule has 3 heteroatoms. The van der Waals surface area contributed by atoms with Crippen molar-refractivity contribution < 1.29 is 9.84 Å². The fourth-order valence-electron chi connectivity index (χ4n) is 5.61. The Balaban J connectivity index is 1.10. The number of hydrogen-bond donors (Lipinski definition) is 1. The summed E-state index contributed by atoms with van der Waals surface area (Å²) in [6.45, 7) is 4.38. The topological polar surface area (TPSA) is 32.7 Å². The monoisotopic (exact) mass is 357 g/mol. The molecule has 1 heterocycles. The van der Waals surface area contributed by atoms with Crippen molar-refractivity contribution in [2.75, 3.05) is 32.8 Å². The minimum atomic E-state index is -0.334. The number of fused-ring (bicyclic) bond motifs is 2. The van der Waals surface area contributed by atoms with Crippen LogP contribution in [-0.4, -0.2) is 49.0 Å². The second kappa shape index (κ2) is 8.86. The quantitative estimate of drug-likeness (QED) is 0.769. The molecular weight excluding hydrogens is 322 g/mol. The van der Waals surface area contributed by atoms with Crippen LogP contribution in [0.4, 0.5) is 0 Å². The molecule has 0 aromatic heterocycles. The number of nitrogens with zero attached hydrogens (tertiary/aromatic N) is 1. The number of rotatable bonds is 8. The van der Waals surface area contributed by atoms with Crippen molar-refractivity contribution in [3.05, 3.63) is 35.9 Å². The summed E-state index contributed by atoms with van der Waals surface area (Å²) in [6, 6.07) is 10.8. The summed E-state index contributed by atoms with van der Waals surface area (Å²) in [5.74, 6) is 3.46. The first-order chi connectivity index (χ1) is 12.8. The van der Waals surface area contributed by atoms with Crippen molar-refractivity contribution in [3.8, 4) is 0 Å². The van der Waals surface area contributed by atoms with Gasteiger partial charge in [0.2, 0.25) is 0 Å². The highest BCUT2D eigenvalue weighted by atomic mass is 16.5. The van der Waals surface area contributed by atoms with E-state index in [1.54, 1.807) is 0 Å². The molecule has 2 bridgehead atoms. The van der Waals surface area contributed by atoms with Crippen molar-refractivity contribution in [1.29, 1.82) is 0 Å². The van der Waals surface area contributed by atoms with Crippen LogP contribution in [0.3, 0.4) is 0 Å². The Morgan fingerprint density at radius 2 is 1.85 bits per heavy atom. The lowest BCUT2D eigenvalue weighted by Gasteiger charge is -2.33. The zero-order valence-corrected chi connectivity index (χ0v) is 16.1. The zero-order chi connectivity index (χ0) is 17.8. The van der Waals surface area contributed by atoms with E-state index in [4.69, 9.17) is 4.74 Å². The summed E-state index contributed by atoms with van der Waals surface area (Å²) in [7, 11) is 0. The van der Waals surface area contributed by atoms with Gasteiger partial charge in [-0.3, -0.25) is 0 Å². The van der Waals surface area contributed by atoms with Gasteiger partial charge in [0.25, 0.3) is 0 Å². The second-order valence-electron chi connectivity index (χ2n) is 9.06. The van der Waals surface area contributed by atoms with Gasteiger partial charge in [0.15, 0.2) is 0 Å². The Morgan fingerprint density at radius 1 is 1.04 bits per heavy atom. The Morgan fingerprint density at radius 3 is 2.54 bits per heavy atom. The van der Waals surface area contributed by atoms with Gasteiger partial charge in [0.05, 0.1) is 12.7 Å². The minimum absolute atomic E-state index is 0.334. The summed E-state index contributed by atoms with van der Waals surface area (Å²) >= 11 is 0. The number of hydrogen-bond acceptors (Lipinski definition) is 3. The van der Waals surface area contributed by atoms with E-state index in [2.05, 4.69) is 35.2 Å². The number of likely N-dealkylation sites (tertiary alicyclic amines) is 1. The molecule has 0 radical (unpaired) electrons. The highest BCUT2D eigenvalue weighted by molar-refractivity contribution is 5.15. The van der Waals surface area contributed by atoms with Crippen LogP contribution in [0.1, 0.15) is 44.1 Å². The molecule has 4 unspecified atom stereocenters. The molecule has 4 rings (SSSR count). The SMILES string of the molecule is OC(COCC1CC2CCC1C2)CN1CCC(Cc2ccccc2)CC1.